The van der Waals surface area contributed by atoms with E-state index in [1.54, 1.807) is 11.3 Å². The van der Waals surface area contributed by atoms with Crippen molar-refractivity contribution >= 4 is 22.4 Å². The molecule has 0 amide bonds. The first-order chi connectivity index (χ1) is 9.22. The maximum atomic E-state index is 11.2. The second-order valence-electron chi connectivity index (χ2n) is 5.10. The third-order valence-electron chi connectivity index (χ3n) is 3.85. The van der Waals surface area contributed by atoms with Gasteiger partial charge in [0.2, 0.25) is 0 Å². The maximum absolute atomic E-state index is 11.2. The summed E-state index contributed by atoms with van der Waals surface area (Å²) in [6, 6.07) is 0.538. The van der Waals surface area contributed by atoms with E-state index in [9.17, 15) is 4.79 Å². The molecular weight excluding hydrogens is 260 g/mol. The van der Waals surface area contributed by atoms with Crippen LogP contribution in [-0.2, 0) is 16.0 Å². The van der Waals surface area contributed by atoms with Gasteiger partial charge in [0.05, 0.1) is 19.2 Å². The number of nitrogens with zero attached hydrogens (tertiary/aromatic N) is 1. The van der Waals surface area contributed by atoms with Crippen LogP contribution in [0.4, 0.5) is 5.13 Å². The van der Waals surface area contributed by atoms with Crippen LogP contribution in [0.25, 0.3) is 0 Å². The summed E-state index contributed by atoms with van der Waals surface area (Å²) >= 11 is 1.58. The standard InChI is InChI=1S/C14H22N2O2S/c1-3-10-6-4-5-7-12(10)16-14-15-11(9-19-14)8-13(17)18-2/h9-10,12H,3-8H2,1-2H3,(H,15,16). The molecule has 1 fully saturated rings. The SMILES string of the molecule is CCC1CCCCC1Nc1nc(CC(=O)OC)cs1. The van der Waals surface area contributed by atoms with Crippen molar-refractivity contribution in [3.8, 4) is 0 Å². The summed E-state index contributed by atoms with van der Waals surface area (Å²) in [4.78, 5) is 15.7. The van der Waals surface area contributed by atoms with Crippen molar-refractivity contribution in [2.45, 2.75) is 51.5 Å². The molecule has 1 saturated carbocycles. The van der Waals surface area contributed by atoms with E-state index in [1.807, 2.05) is 5.38 Å². The van der Waals surface area contributed by atoms with Gasteiger partial charge >= 0.3 is 5.97 Å². The lowest BCUT2D eigenvalue weighted by Gasteiger charge is -2.31. The molecule has 106 valence electrons. The van der Waals surface area contributed by atoms with E-state index in [1.165, 1.54) is 39.2 Å². The Balaban J connectivity index is 1.93. The smallest absolute Gasteiger partial charge is 0.311 e. The predicted octanol–water partition coefficient (Wildman–Crippen LogP) is 3.24. The van der Waals surface area contributed by atoms with Crippen LogP contribution in [-0.4, -0.2) is 24.1 Å². The normalized spacial score (nSPS) is 23.1. The molecule has 1 heterocycles. The molecule has 1 aliphatic carbocycles. The zero-order chi connectivity index (χ0) is 13.7. The Morgan fingerprint density at radius 1 is 1.53 bits per heavy atom. The first kappa shape index (κ1) is 14.3. The van der Waals surface area contributed by atoms with Crippen LogP contribution in [0.15, 0.2) is 5.38 Å². The zero-order valence-corrected chi connectivity index (χ0v) is 12.5. The van der Waals surface area contributed by atoms with E-state index < -0.39 is 0 Å². The van der Waals surface area contributed by atoms with Crippen molar-refractivity contribution in [3.05, 3.63) is 11.1 Å². The fourth-order valence-electron chi connectivity index (χ4n) is 2.72. The monoisotopic (exact) mass is 282 g/mol. The van der Waals surface area contributed by atoms with E-state index in [-0.39, 0.29) is 12.4 Å². The number of ether oxygens (including phenoxy) is 1. The van der Waals surface area contributed by atoms with Crippen LogP contribution >= 0.6 is 11.3 Å². The lowest BCUT2D eigenvalue weighted by atomic mass is 9.83. The van der Waals surface area contributed by atoms with Gasteiger partial charge in [-0.3, -0.25) is 4.79 Å². The summed E-state index contributed by atoms with van der Waals surface area (Å²) in [5, 5.41) is 6.42. The Bertz CT molecular complexity index is 419. The summed E-state index contributed by atoms with van der Waals surface area (Å²) in [5.74, 6) is 0.516. The fourth-order valence-corrected chi connectivity index (χ4v) is 3.49. The molecule has 0 radical (unpaired) electrons. The van der Waals surface area contributed by atoms with Gasteiger partial charge in [-0.1, -0.05) is 26.2 Å². The van der Waals surface area contributed by atoms with Gasteiger partial charge in [-0.15, -0.1) is 11.3 Å². The number of anilines is 1. The highest BCUT2D eigenvalue weighted by atomic mass is 32.1. The molecule has 2 atom stereocenters. The first-order valence-corrected chi connectivity index (χ1v) is 7.88. The van der Waals surface area contributed by atoms with Gasteiger partial charge in [0, 0.05) is 11.4 Å². The van der Waals surface area contributed by atoms with Crippen molar-refractivity contribution in [1.82, 2.24) is 4.98 Å². The number of carbonyl (C=O) groups is 1. The molecule has 0 bridgehead atoms. The number of thiazole rings is 1. The number of methoxy groups -OCH3 is 1. The highest BCUT2D eigenvalue weighted by Crippen LogP contribution is 2.30. The van der Waals surface area contributed by atoms with Crippen LogP contribution in [0.2, 0.25) is 0 Å². The van der Waals surface area contributed by atoms with E-state index >= 15 is 0 Å². The average molecular weight is 282 g/mol. The van der Waals surface area contributed by atoms with Crippen molar-refractivity contribution < 1.29 is 9.53 Å². The minimum absolute atomic E-state index is 0.235. The van der Waals surface area contributed by atoms with Crippen molar-refractivity contribution in [2.75, 3.05) is 12.4 Å². The van der Waals surface area contributed by atoms with Gasteiger partial charge in [0.15, 0.2) is 5.13 Å². The number of hydrogen-bond donors (Lipinski definition) is 1. The number of nitrogens with one attached hydrogen (secondary N) is 1. The van der Waals surface area contributed by atoms with E-state index in [0.717, 1.165) is 16.7 Å². The van der Waals surface area contributed by atoms with Crippen LogP contribution in [0, 0.1) is 5.92 Å². The number of esters is 1. The predicted molar refractivity (Wildman–Crippen MR) is 77.5 cm³/mol. The van der Waals surface area contributed by atoms with Crippen molar-refractivity contribution in [3.63, 3.8) is 0 Å². The highest BCUT2D eigenvalue weighted by molar-refractivity contribution is 7.13. The van der Waals surface area contributed by atoms with Gasteiger partial charge in [-0.25, -0.2) is 4.98 Å². The molecule has 0 aromatic carbocycles. The number of rotatable bonds is 5. The van der Waals surface area contributed by atoms with Crippen LogP contribution in [0.3, 0.4) is 0 Å². The van der Waals surface area contributed by atoms with Crippen LogP contribution < -0.4 is 5.32 Å². The summed E-state index contributed by atoms with van der Waals surface area (Å²) < 4.78 is 4.65. The molecule has 1 aromatic heterocycles. The molecule has 0 spiro atoms. The Morgan fingerprint density at radius 2 is 2.32 bits per heavy atom. The largest absolute Gasteiger partial charge is 0.469 e. The summed E-state index contributed by atoms with van der Waals surface area (Å²) in [6.07, 6.45) is 6.67. The lowest BCUT2D eigenvalue weighted by molar-refractivity contribution is -0.139. The third-order valence-corrected chi connectivity index (χ3v) is 4.67. The Morgan fingerprint density at radius 3 is 3.05 bits per heavy atom. The quantitative estimate of drug-likeness (QED) is 0.842. The van der Waals surface area contributed by atoms with Crippen LogP contribution in [0.1, 0.15) is 44.7 Å². The topological polar surface area (TPSA) is 51.2 Å². The Kier molecular flexibility index (Phi) is 5.19. The Labute approximate surface area is 118 Å². The number of aromatic nitrogens is 1. The second kappa shape index (κ2) is 6.89. The van der Waals surface area contributed by atoms with E-state index in [2.05, 4.69) is 22.0 Å². The first-order valence-electron chi connectivity index (χ1n) is 7.00. The summed E-state index contributed by atoms with van der Waals surface area (Å²) in [6.45, 7) is 2.26. The molecule has 4 nitrogen and oxygen atoms in total. The minimum Gasteiger partial charge on any atom is -0.469 e. The van der Waals surface area contributed by atoms with Gasteiger partial charge in [-0.2, -0.15) is 0 Å². The molecule has 1 aliphatic rings. The minimum atomic E-state index is -0.235. The molecule has 5 heteroatoms. The molecule has 0 aliphatic heterocycles. The molecule has 19 heavy (non-hydrogen) atoms. The molecule has 0 saturated heterocycles. The summed E-state index contributed by atoms with van der Waals surface area (Å²) in [5.41, 5.74) is 0.795. The Hall–Kier alpha value is -1.10. The third kappa shape index (κ3) is 3.93. The lowest BCUT2D eigenvalue weighted by Crippen LogP contribution is -2.31. The van der Waals surface area contributed by atoms with Gasteiger partial charge in [-0.05, 0) is 18.8 Å². The molecular formula is C14H22N2O2S. The fraction of sp³-hybridized carbons (Fsp3) is 0.714. The molecule has 2 unspecified atom stereocenters. The van der Waals surface area contributed by atoms with E-state index in [4.69, 9.17) is 0 Å². The molecule has 1 aromatic rings. The van der Waals surface area contributed by atoms with Crippen molar-refractivity contribution in [2.24, 2.45) is 5.92 Å². The molecule has 2 rings (SSSR count). The number of carbonyl (C=O) groups excluding carboxylic acids is 1. The second-order valence-corrected chi connectivity index (χ2v) is 5.96. The van der Waals surface area contributed by atoms with Crippen molar-refractivity contribution in [1.29, 1.82) is 0 Å². The van der Waals surface area contributed by atoms with Gasteiger partial charge in [0.25, 0.3) is 0 Å². The van der Waals surface area contributed by atoms with E-state index in [0.29, 0.717) is 6.04 Å². The zero-order valence-electron chi connectivity index (χ0n) is 11.6. The van der Waals surface area contributed by atoms with Gasteiger partial charge < -0.3 is 10.1 Å². The number of hydrogen-bond acceptors (Lipinski definition) is 5. The summed E-state index contributed by atoms with van der Waals surface area (Å²) in [7, 11) is 1.40. The maximum Gasteiger partial charge on any atom is 0.311 e. The average Bonchev–Trinajstić information content (AvgIpc) is 2.86. The van der Waals surface area contributed by atoms with Gasteiger partial charge in [0.1, 0.15) is 0 Å². The molecule has 1 N–H and O–H groups in total. The highest BCUT2D eigenvalue weighted by Gasteiger charge is 2.24. The van der Waals surface area contributed by atoms with Crippen LogP contribution in [0.5, 0.6) is 0 Å².